The van der Waals surface area contributed by atoms with Crippen molar-refractivity contribution in [1.29, 1.82) is 0 Å². The number of nitrogens with zero attached hydrogens (tertiary/aromatic N) is 2. The van der Waals surface area contributed by atoms with Crippen LogP contribution in [0.5, 0.6) is 0 Å². The van der Waals surface area contributed by atoms with E-state index in [0.29, 0.717) is 5.71 Å². The summed E-state index contributed by atoms with van der Waals surface area (Å²) in [5.41, 5.74) is 8.36. The number of amides is 2. The zero-order chi connectivity index (χ0) is 16.3. The number of primary amides is 1. The minimum Gasteiger partial charge on any atom is -0.378 e. The molecule has 0 heterocycles. The molecule has 1 aliphatic carbocycles. The number of hydrogen-bond acceptors (Lipinski definition) is 4. The lowest BCUT2D eigenvalue weighted by molar-refractivity contribution is -0.111. The molecule has 0 saturated heterocycles. The second-order valence-electron chi connectivity index (χ2n) is 5.15. The highest BCUT2D eigenvalue weighted by Crippen LogP contribution is 2.21. The number of allylic oxidation sites excluding steroid dienone is 3. The molecule has 0 fully saturated rings. The number of hydrogen-bond donors (Lipinski definition) is 2. The van der Waals surface area contributed by atoms with Crippen molar-refractivity contribution in [2.75, 3.05) is 19.0 Å². The number of carbonyl (C=O) groups is 2. The van der Waals surface area contributed by atoms with E-state index in [0.717, 1.165) is 16.9 Å². The Balaban J connectivity index is 2.32. The Morgan fingerprint density at radius 3 is 2.36 bits per heavy atom. The fourth-order valence-electron chi connectivity index (χ4n) is 1.99. The van der Waals surface area contributed by atoms with Crippen LogP contribution in [0.25, 0.3) is 0 Å². The van der Waals surface area contributed by atoms with E-state index in [4.69, 9.17) is 5.73 Å². The lowest BCUT2D eigenvalue weighted by atomic mass is 10.0. The van der Waals surface area contributed by atoms with Crippen molar-refractivity contribution in [2.45, 2.75) is 6.92 Å². The highest BCUT2D eigenvalue weighted by Gasteiger charge is 2.17. The number of carbonyl (C=O) groups excluding carboxylic acids is 2. The molecule has 0 bridgehead atoms. The van der Waals surface area contributed by atoms with Crippen LogP contribution < -0.4 is 16.0 Å². The molecule has 6 nitrogen and oxygen atoms in total. The number of nitrogens with two attached hydrogens (primary N) is 1. The first-order chi connectivity index (χ1) is 10.4. The Bertz CT molecular complexity index is 697. The van der Waals surface area contributed by atoms with Crippen LogP contribution in [0.1, 0.15) is 6.92 Å². The number of benzene rings is 1. The summed E-state index contributed by atoms with van der Waals surface area (Å²) >= 11 is 0. The lowest BCUT2D eigenvalue weighted by Gasteiger charge is -2.14. The van der Waals surface area contributed by atoms with E-state index >= 15 is 0 Å². The predicted molar refractivity (Wildman–Crippen MR) is 87.4 cm³/mol. The van der Waals surface area contributed by atoms with Crippen LogP contribution in [-0.2, 0) is 4.79 Å². The van der Waals surface area contributed by atoms with Gasteiger partial charge < -0.3 is 16.0 Å². The van der Waals surface area contributed by atoms with Gasteiger partial charge in [-0.25, -0.2) is 9.79 Å². The van der Waals surface area contributed by atoms with Gasteiger partial charge in [-0.2, -0.15) is 0 Å². The molecule has 0 unspecified atom stereocenters. The molecule has 3 N–H and O–H groups in total. The topological polar surface area (TPSA) is 87.8 Å². The molecule has 1 aromatic rings. The minimum absolute atomic E-state index is 0.127. The van der Waals surface area contributed by atoms with Crippen LogP contribution in [0.4, 0.5) is 16.2 Å². The molecule has 0 aromatic heterocycles. The summed E-state index contributed by atoms with van der Waals surface area (Å²) in [6.07, 6.45) is 2.96. The third-order valence-electron chi connectivity index (χ3n) is 3.17. The van der Waals surface area contributed by atoms with Gasteiger partial charge in [-0.1, -0.05) is 0 Å². The first-order valence-electron chi connectivity index (χ1n) is 6.74. The molecule has 6 heteroatoms. The molecule has 0 aliphatic heterocycles. The zero-order valence-electron chi connectivity index (χ0n) is 12.8. The lowest BCUT2D eigenvalue weighted by Crippen LogP contribution is -2.33. The highest BCUT2D eigenvalue weighted by atomic mass is 16.2. The van der Waals surface area contributed by atoms with Crippen molar-refractivity contribution in [3.05, 3.63) is 47.7 Å². The van der Waals surface area contributed by atoms with Crippen molar-refractivity contribution >= 4 is 28.9 Å². The first kappa shape index (κ1) is 15.5. The molecule has 0 spiro atoms. The summed E-state index contributed by atoms with van der Waals surface area (Å²) in [5, 5.41) is 2.31. The smallest absolute Gasteiger partial charge is 0.316 e. The summed E-state index contributed by atoms with van der Waals surface area (Å²) in [7, 11) is 3.93. The number of rotatable bonds is 3. The molecule has 1 aromatic carbocycles. The number of ketones is 1. The second kappa shape index (κ2) is 6.26. The van der Waals surface area contributed by atoms with Crippen LogP contribution in [-0.4, -0.2) is 31.6 Å². The van der Waals surface area contributed by atoms with Crippen molar-refractivity contribution in [3.63, 3.8) is 0 Å². The maximum absolute atomic E-state index is 11.8. The van der Waals surface area contributed by atoms with Crippen LogP contribution in [0.15, 0.2) is 52.7 Å². The molecule has 2 amide bonds. The van der Waals surface area contributed by atoms with Crippen LogP contribution in [0, 0.1) is 0 Å². The maximum Gasteiger partial charge on any atom is 0.316 e. The highest BCUT2D eigenvalue weighted by molar-refractivity contribution is 6.22. The van der Waals surface area contributed by atoms with E-state index in [1.54, 1.807) is 6.92 Å². The number of anilines is 1. The normalized spacial score (nSPS) is 16.1. The molecule has 0 radical (unpaired) electrons. The predicted octanol–water partition coefficient (Wildman–Crippen LogP) is 1.91. The van der Waals surface area contributed by atoms with Crippen LogP contribution in [0.3, 0.4) is 0 Å². The number of nitrogens with one attached hydrogen (secondary N) is 1. The fraction of sp³-hybridized carbons (Fsp3) is 0.188. The van der Waals surface area contributed by atoms with E-state index in [9.17, 15) is 9.59 Å². The van der Waals surface area contributed by atoms with E-state index in [-0.39, 0.29) is 11.5 Å². The first-order valence-corrected chi connectivity index (χ1v) is 6.74. The third-order valence-corrected chi connectivity index (χ3v) is 3.17. The average Bonchev–Trinajstić information content (AvgIpc) is 2.44. The number of aliphatic imine (C=N–C) groups is 1. The van der Waals surface area contributed by atoms with E-state index in [1.165, 1.54) is 12.2 Å². The van der Waals surface area contributed by atoms with Gasteiger partial charge in [0.1, 0.15) is 0 Å². The summed E-state index contributed by atoms with van der Waals surface area (Å²) in [5.74, 6) is -0.293. The van der Waals surface area contributed by atoms with Gasteiger partial charge in [0.2, 0.25) is 5.78 Å². The van der Waals surface area contributed by atoms with Gasteiger partial charge in [0.15, 0.2) is 0 Å². The summed E-state index contributed by atoms with van der Waals surface area (Å²) < 4.78 is 0. The summed E-state index contributed by atoms with van der Waals surface area (Å²) in [6, 6.07) is 6.92. The van der Waals surface area contributed by atoms with Crippen molar-refractivity contribution in [1.82, 2.24) is 5.32 Å². The quantitative estimate of drug-likeness (QED) is 0.835. The van der Waals surface area contributed by atoms with Gasteiger partial charge in [0.25, 0.3) is 0 Å². The van der Waals surface area contributed by atoms with E-state index in [2.05, 4.69) is 10.3 Å². The Kier molecular flexibility index (Phi) is 4.41. The molecular formula is C16H18N4O2. The standard InChI is InChI=1S/C16H18N4O2/c1-10-8-15(21)14(19-16(17)22)9-13(10)18-11-4-6-12(7-5-11)20(2)3/h4-9H,1-3H3,(H3,17,19,22). The van der Waals surface area contributed by atoms with Crippen LogP contribution in [0.2, 0.25) is 0 Å². The summed E-state index contributed by atoms with van der Waals surface area (Å²) in [6.45, 7) is 1.79. The van der Waals surface area contributed by atoms with Gasteiger partial charge in [-0.3, -0.25) is 4.79 Å². The fourth-order valence-corrected chi connectivity index (χ4v) is 1.99. The molecule has 2 rings (SSSR count). The van der Waals surface area contributed by atoms with Gasteiger partial charge in [0.05, 0.1) is 17.1 Å². The monoisotopic (exact) mass is 298 g/mol. The SMILES string of the molecule is CC1=CC(=O)C(NC(N)=O)=CC1=Nc1ccc(N(C)C)cc1. The van der Waals surface area contributed by atoms with Gasteiger partial charge >= 0.3 is 6.03 Å². The van der Waals surface area contributed by atoms with Crippen molar-refractivity contribution < 1.29 is 9.59 Å². The molecule has 1 aliphatic rings. The Labute approximate surface area is 129 Å². The Morgan fingerprint density at radius 2 is 1.82 bits per heavy atom. The average molecular weight is 298 g/mol. The zero-order valence-corrected chi connectivity index (χ0v) is 12.8. The Hall–Kier alpha value is -2.89. The van der Waals surface area contributed by atoms with E-state index in [1.807, 2.05) is 43.3 Å². The van der Waals surface area contributed by atoms with Crippen molar-refractivity contribution in [2.24, 2.45) is 10.7 Å². The van der Waals surface area contributed by atoms with Gasteiger partial charge in [-0.15, -0.1) is 0 Å². The van der Waals surface area contributed by atoms with Crippen molar-refractivity contribution in [3.8, 4) is 0 Å². The van der Waals surface area contributed by atoms with Crippen LogP contribution >= 0.6 is 0 Å². The molecule has 0 saturated carbocycles. The second-order valence-corrected chi connectivity index (χ2v) is 5.15. The Morgan fingerprint density at radius 1 is 1.18 bits per heavy atom. The van der Waals surface area contributed by atoms with Gasteiger partial charge in [0, 0.05) is 19.8 Å². The minimum atomic E-state index is -0.776. The molecular weight excluding hydrogens is 280 g/mol. The van der Waals surface area contributed by atoms with Gasteiger partial charge in [-0.05, 0) is 48.9 Å². The largest absolute Gasteiger partial charge is 0.378 e. The molecule has 22 heavy (non-hydrogen) atoms. The van der Waals surface area contributed by atoms with E-state index < -0.39 is 6.03 Å². The molecule has 0 atom stereocenters. The number of urea groups is 1. The third kappa shape index (κ3) is 3.60. The maximum atomic E-state index is 11.8. The molecule has 114 valence electrons. The summed E-state index contributed by atoms with van der Waals surface area (Å²) in [4.78, 5) is 29.2.